The van der Waals surface area contributed by atoms with E-state index in [-0.39, 0.29) is 5.91 Å². The number of rotatable bonds is 5. The van der Waals surface area contributed by atoms with Crippen LogP contribution in [0.2, 0.25) is 5.02 Å². The predicted octanol–water partition coefficient (Wildman–Crippen LogP) is 3.80. The van der Waals surface area contributed by atoms with Gasteiger partial charge in [0.15, 0.2) is 11.5 Å². The number of fused-ring (bicyclic) bond motifs is 2. The van der Waals surface area contributed by atoms with Crippen LogP contribution in [0.15, 0.2) is 36.4 Å². The van der Waals surface area contributed by atoms with Gasteiger partial charge in [-0.15, -0.1) is 0 Å². The summed E-state index contributed by atoms with van der Waals surface area (Å²) >= 11 is 6.26. The zero-order valence-corrected chi connectivity index (χ0v) is 15.9. The summed E-state index contributed by atoms with van der Waals surface area (Å²) in [4.78, 5) is 15.7. The van der Waals surface area contributed by atoms with Gasteiger partial charge in [0.2, 0.25) is 5.91 Å². The second kappa shape index (κ2) is 7.53. The molecular weight excluding hydrogens is 364 g/mol. The number of aryl methyl sites for hydroxylation is 1. The summed E-state index contributed by atoms with van der Waals surface area (Å²) in [5, 5.41) is 4.64. The summed E-state index contributed by atoms with van der Waals surface area (Å²) in [5.41, 5.74) is 4.15. The molecule has 1 aliphatic heterocycles. The molecule has 140 valence electrons. The molecule has 6 heteroatoms. The number of carbonyl (C=O) groups is 1. The van der Waals surface area contributed by atoms with Gasteiger partial charge in [-0.2, -0.15) is 0 Å². The highest BCUT2D eigenvalue weighted by Gasteiger charge is 2.17. The fourth-order valence-electron chi connectivity index (χ4n) is 3.44. The maximum absolute atomic E-state index is 12.4. The van der Waals surface area contributed by atoms with Crippen molar-refractivity contribution in [2.24, 2.45) is 0 Å². The molecule has 27 heavy (non-hydrogen) atoms. The molecule has 0 bridgehead atoms. The van der Waals surface area contributed by atoms with E-state index in [2.05, 4.69) is 10.3 Å². The van der Waals surface area contributed by atoms with Crippen LogP contribution < -0.4 is 14.8 Å². The van der Waals surface area contributed by atoms with E-state index < -0.39 is 0 Å². The van der Waals surface area contributed by atoms with Crippen molar-refractivity contribution in [1.29, 1.82) is 0 Å². The monoisotopic (exact) mass is 384 g/mol. The Labute approximate surface area is 162 Å². The van der Waals surface area contributed by atoms with Crippen molar-refractivity contribution in [3.05, 3.63) is 58.2 Å². The molecule has 0 radical (unpaired) electrons. The van der Waals surface area contributed by atoms with Crippen molar-refractivity contribution in [2.75, 3.05) is 19.8 Å². The SMILES string of the molecule is Cc1[nH]c2ccccc2c1CC(=O)NCCc1cc(Cl)c2c(c1)OCCO2. The second-order valence-electron chi connectivity index (χ2n) is 6.65. The largest absolute Gasteiger partial charge is 0.486 e. The van der Waals surface area contributed by atoms with Gasteiger partial charge in [-0.05, 0) is 42.7 Å². The van der Waals surface area contributed by atoms with Gasteiger partial charge >= 0.3 is 0 Å². The average molecular weight is 385 g/mol. The van der Waals surface area contributed by atoms with Crippen molar-refractivity contribution in [2.45, 2.75) is 19.8 Å². The van der Waals surface area contributed by atoms with E-state index in [0.29, 0.717) is 49.1 Å². The summed E-state index contributed by atoms with van der Waals surface area (Å²) < 4.78 is 11.1. The third-order valence-electron chi connectivity index (χ3n) is 4.76. The predicted molar refractivity (Wildman–Crippen MR) is 106 cm³/mol. The first-order valence-corrected chi connectivity index (χ1v) is 9.40. The van der Waals surface area contributed by atoms with Crippen LogP contribution in [0.25, 0.3) is 10.9 Å². The van der Waals surface area contributed by atoms with Crippen LogP contribution in [-0.2, 0) is 17.6 Å². The summed E-state index contributed by atoms with van der Waals surface area (Å²) in [6, 6.07) is 11.8. The van der Waals surface area contributed by atoms with Gasteiger partial charge in [0, 0.05) is 23.1 Å². The summed E-state index contributed by atoms with van der Waals surface area (Å²) in [7, 11) is 0. The first-order valence-electron chi connectivity index (χ1n) is 9.02. The fraction of sp³-hybridized carbons (Fsp3) is 0.286. The number of nitrogens with one attached hydrogen (secondary N) is 2. The van der Waals surface area contributed by atoms with Crippen molar-refractivity contribution < 1.29 is 14.3 Å². The molecule has 3 aromatic rings. The van der Waals surface area contributed by atoms with Crippen LogP contribution in [-0.4, -0.2) is 30.6 Å². The van der Waals surface area contributed by atoms with Crippen LogP contribution >= 0.6 is 11.6 Å². The maximum atomic E-state index is 12.4. The molecule has 0 unspecified atom stereocenters. The fourth-order valence-corrected chi connectivity index (χ4v) is 3.73. The zero-order chi connectivity index (χ0) is 18.8. The molecule has 1 aliphatic rings. The summed E-state index contributed by atoms with van der Waals surface area (Å²) in [6.45, 7) is 3.57. The normalized spacial score (nSPS) is 13.0. The standard InChI is InChI=1S/C21H21ClN2O3/c1-13-16(15-4-2-3-5-18(15)24-13)12-20(25)23-7-6-14-10-17(22)21-19(11-14)26-8-9-27-21/h2-5,10-11,24H,6-9,12H2,1H3,(H,23,25). The van der Waals surface area contributed by atoms with Crippen LogP contribution in [0, 0.1) is 6.92 Å². The molecule has 0 fully saturated rings. The second-order valence-corrected chi connectivity index (χ2v) is 7.06. The highest BCUT2D eigenvalue weighted by atomic mass is 35.5. The number of halogens is 1. The summed E-state index contributed by atoms with van der Waals surface area (Å²) in [6.07, 6.45) is 1.03. The van der Waals surface area contributed by atoms with Crippen LogP contribution in [0.3, 0.4) is 0 Å². The number of H-pyrrole nitrogens is 1. The number of amides is 1. The smallest absolute Gasteiger partial charge is 0.224 e. The molecule has 2 aromatic carbocycles. The zero-order valence-electron chi connectivity index (χ0n) is 15.1. The van der Waals surface area contributed by atoms with Crippen molar-refractivity contribution >= 4 is 28.4 Å². The highest BCUT2D eigenvalue weighted by molar-refractivity contribution is 6.32. The lowest BCUT2D eigenvalue weighted by molar-refractivity contribution is -0.120. The molecule has 0 saturated carbocycles. The van der Waals surface area contributed by atoms with Crippen molar-refractivity contribution in [3.8, 4) is 11.5 Å². The quantitative estimate of drug-likeness (QED) is 0.703. The molecule has 0 aliphatic carbocycles. The van der Waals surface area contributed by atoms with Gasteiger partial charge < -0.3 is 19.8 Å². The van der Waals surface area contributed by atoms with E-state index in [1.807, 2.05) is 43.3 Å². The van der Waals surface area contributed by atoms with Gasteiger partial charge in [0.05, 0.1) is 11.4 Å². The first kappa shape index (κ1) is 17.7. The lowest BCUT2D eigenvalue weighted by Crippen LogP contribution is -2.27. The molecule has 4 rings (SSSR count). The van der Waals surface area contributed by atoms with Gasteiger partial charge in [0.1, 0.15) is 13.2 Å². The van der Waals surface area contributed by atoms with E-state index >= 15 is 0 Å². The Morgan fingerprint density at radius 3 is 2.93 bits per heavy atom. The molecule has 1 amide bonds. The number of benzene rings is 2. The van der Waals surface area contributed by atoms with E-state index in [0.717, 1.165) is 27.7 Å². The van der Waals surface area contributed by atoms with Gasteiger partial charge in [-0.25, -0.2) is 0 Å². The Morgan fingerprint density at radius 2 is 2.04 bits per heavy atom. The average Bonchev–Trinajstić information content (AvgIpc) is 2.97. The van der Waals surface area contributed by atoms with Gasteiger partial charge in [0.25, 0.3) is 0 Å². The molecule has 5 nitrogen and oxygen atoms in total. The topological polar surface area (TPSA) is 63.4 Å². The number of ether oxygens (including phenoxy) is 2. The van der Waals surface area contributed by atoms with Gasteiger partial charge in [-0.1, -0.05) is 29.8 Å². The molecular formula is C21H21ClN2O3. The van der Waals surface area contributed by atoms with E-state index in [9.17, 15) is 4.79 Å². The minimum atomic E-state index is 0.00601. The first-order chi connectivity index (χ1) is 13.1. The minimum absolute atomic E-state index is 0.00601. The number of hydrogen-bond acceptors (Lipinski definition) is 3. The lowest BCUT2D eigenvalue weighted by atomic mass is 10.1. The van der Waals surface area contributed by atoms with E-state index in [1.54, 1.807) is 0 Å². The van der Waals surface area contributed by atoms with Crippen molar-refractivity contribution in [3.63, 3.8) is 0 Å². The van der Waals surface area contributed by atoms with Crippen LogP contribution in [0.1, 0.15) is 16.8 Å². The number of hydrogen-bond donors (Lipinski definition) is 2. The third-order valence-corrected chi connectivity index (χ3v) is 5.04. The Bertz CT molecular complexity index is 997. The Hall–Kier alpha value is -2.66. The minimum Gasteiger partial charge on any atom is -0.486 e. The third kappa shape index (κ3) is 3.74. The lowest BCUT2D eigenvalue weighted by Gasteiger charge is -2.20. The highest BCUT2D eigenvalue weighted by Crippen LogP contribution is 2.38. The van der Waals surface area contributed by atoms with Crippen molar-refractivity contribution in [1.82, 2.24) is 10.3 Å². The molecule has 2 N–H and O–H groups in total. The number of carbonyl (C=O) groups excluding carboxylic acids is 1. The van der Waals surface area contributed by atoms with E-state index in [1.165, 1.54) is 0 Å². The van der Waals surface area contributed by atoms with Crippen LogP contribution in [0.4, 0.5) is 0 Å². The Balaban J connectivity index is 1.37. The Morgan fingerprint density at radius 1 is 1.22 bits per heavy atom. The molecule has 1 aromatic heterocycles. The Kier molecular flexibility index (Phi) is 4.94. The number of aromatic nitrogens is 1. The number of para-hydroxylation sites is 1. The molecule has 0 atom stereocenters. The molecule has 0 spiro atoms. The number of aromatic amines is 1. The summed E-state index contributed by atoms with van der Waals surface area (Å²) in [5.74, 6) is 1.28. The molecule has 2 heterocycles. The maximum Gasteiger partial charge on any atom is 0.224 e. The molecule has 0 saturated heterocycles. The van der Waals surface area contributed by atoms with Gasteiger partial charge in [-0.3, -0.25) is 4.79 Å². The van der Waals surface area contributed by atoms with Crippen LogP contribution in [0.5, 0.6) is 11.5 Å². The van der Waals surface area contributed by atoms with E-state index in [4.69, 9.17) is 21.1 Å².